The van der Waals surface area contributed by atoms with Crippen LogP contribution < -0.4 is 5.73 Å². The summed E-state index contributed by atoms with van der Waals surface area (Å²) in [5.74, 6) is 0. The molecule has 21 heavy (non-hydrogen) atoms. The maximum atomic E-state index is 10.6. The minimum absolute atomic E-state index is 0.361. The number of benzene rings is 2. The molecule has 3 nitrogen and oxygen atoms in total. The first-order valence-electron chi connectivity index (χ1n) is 7.06. The van der Waals surface area contributed by atoms with Crippen LogP contribution in [0.4, 0.5) is 0 Å². The SMILES string of the molecule is NC(Cc1ccccc1)C(O)c1cncc2ccccc12. The maximum absolute atomic E-state index is 10.6. The summed E-state index contributed by atoms with van der Waals surface area (Å²) in [5.41, 5.74) is 8.11. The highest BCUT2D eigenvalue weighted by Crippen LogP contribution is 2.25. The first-order chi connectivity index (χ1) is 10.3. The predicted octanol–water partition coefficient (Wildman–Crippen LogP) is 2.84. The smallest absolute Gasteiger partial charge is 0.0964 e. The normalized spacial score (nSPS) is 14.0. The molecule has 0 radical (unpaired) electrons. The van der Waals surface area contributed by atoms with Crippen LogP contribution in [0.3, 0.4) is 0 Å². The Morgan fingerprint density at radius 3 is 2.48 bits per heavy atom. The molecule has 3 heteroatoms. The monoisotopic (exact) mass is 278 g/mol. The van der Waals surface area contributed by atoms with E-state index in [0.29, 0.717) is 6.42 Å². The van der Waals surface area contributed by atoms with Gasteiger partial charge in [0.15, 0.2) is 0 Å². The van der Waals surface area contributed by atoms with Gasteiger partial charge in [0.2, 0.25) is 0 Å². The van der Waals surface area contributed by atoms with Crippen molar-refractivity contribution in [2.75, 3.05) is 0 Å². The zero-order valence-corrected chi connectivity index (χ0v) is 11.7. The number of hydrogen-bond donors (Lipinski definition) is 2. The molecule has 2 atom stereocenters. The van der Waals surface area contributed by atoms with Crippen molar-refractivity contribution in [1.29, 1.82) is 0 Å². The third-order valence-corrected chi connectivity index (χ3v) is 3.74. The van der Waals surface area contributed by atoms with E-state index in [-0.39, 0.29) is 6.04 Å². The van der Waals surface area contributed by atoms with Gasteiger partial charge in [-0.05, 0) is 17.4 Å². The van der Waals surface area contributed by atoms with E-state index >= 15 is 0 Å². The minimum atomic E-state index is -0.733. The number of fused-ring (bicyclic) bond motifs is 1. The average molecular weight is 278 g/mol. The average Bonchev–Trinajstić information content (AvgIpc) is 2.54. The van der Waals surface area contributed by atoms with Crippen molar-refractivity contribution in [2.24, 2.45) is 5.73 Å². The Morgan fingerprint density at radius 2 is 1.67 bits per heavy atom. The van der Waals surface area contributed by atoms with Crippen LogP contribution in [-0.4, -0.2) is 16.1 Å². The number of hydrogen-bond acceptors (Lipinski definition) is 3. The third-order valence-electron chi connectivity index (χ3n) is 3.74. The first-order valence-corrected chi connectivity index (χ1v) is 7.06. The van der Waals surface area contributed by atoms with E-state index in [1.807, 2.05) is 54.6 Å². The molecule has 0 aliphatic rings. The molecule has 3 rings (SSSR count). The number of nitrogens with two attached hydrogens (primary N) is 1. The first kappa shape index (κ1) is 13.7. The number of aliphatic hydroxyl groups is 1. The molecule has 0 aliphatic heterocycles. The number of aromatic nitrogens is 1. The largest absolute Gasteiger partial charge is 0.387 e. The Bertz CT molecular complexity index is 722. The Hall–Kier alpha value is -2.23. The molecule has 3 aromatic rings. The Morgan fingerprint density at radius 1 is 0.952 bits per heavy atom. The fourth-order valence-electron chi connectivity index (χ4n) is 2.60. The topological polar surface area (TPSA) is 59.1 Å². The van der Waals surface area contributed by atoms with Crippen LogP contribution in [0.5, 0.6) is 0 Å². The van der Waals surface area contributed by atoms with E-state index in [1.54, 1.807) is 12.4 Å². The van der Waals surface area contributed by atoms with Crippen LogP contribution in [0, 0.1) is 0 Å². The highest BCUT2D eigenvalue weighted by Gasteiger charge is 2.19. The van der Waals surface area contributed by atoms with Gasteiger partial charge in [-0.3, -0.25) is 4.98 Å². The Labute approximate surface area is 124 Å². The lowest BCUT2D eigenvalue weighted by atomic mass is 9.95. The van der Waals surface area contributed by atoms with Gasteiger partial charge in [0.05, 0.1) is 6.10 Å². The molecule has 0 bridgehead atoms. The zero-order valence-electron chi connectivity index (χ0n) is 11.7. The molecule has 0 spiro atoms. The summed E-state index contributed by atoms with van der Waals surface area (Å²) in [6, 6.07) is 17.5. The lowest BCUT2D eigenvalue weighted by Crippen LogP contribution is -2.30. The summed E-state index contributed by atoms with van der Waals surface area (Å²) in [4.78, 5) is 4.21. The van der Waals surface area contributed by atoms with Crippen LogP contribution in [0.2, 0.25) is 0 Å². The zero-order chi connectivity index (χ0) is 14.7. The van der Waals surface area contributed by atoms with Gasteiger partial charge in [0, 0.05) is 29.4 Å². The second kappa shape index (κ2) is 6.04. The van der Waals surface area contributed by atoms with Gasteiger partial charge in [-0.1, -0.05) is 54.6 Å². The summed E-state index contributed by atoms with van der Waals surface area (Å²) in [6.07, 6.45) is 3.40. The van der Waals surface area contributed by atoms with Crippen LogP contribution >= 0.6 is 0 Å². The molecular formula is C18H18N2O. The molecule has 0 fully saturated rings. The van der Waals surface area contributed by atoms with E-state index in [2.05, 4.69) is 4.98 Å². The molecule has 2 unspecified atom stereocenters. The van der Waals surface area contributed by atoms with Crippen LogP contribution in [0.1, 0.15) is 17.2 Å². The number of nitrogens with zero attached hydrogens (tertiary/aromatic N) is 1. The second-order valence-corrected chi connectivity index (χ2v) is 5.25. The fourth-order valence-corrected chi connectivity index (χ4v) is 2.60. The molecule has 0 amide bonds. The summed E-state index contributed by atoms with van der Waals surface area (Å²) < 4.78 is 0. The van der Waals surface area contributed by atoms with Crippen molar-refractivity contribution in [2.45, 2.75) is 18.6 Å². The highest BCUT2D eigenvalue weighted by molar-refractivity contribution is 5.85. The summed E-state index contributed by atoms with van der Waals surface area (Å²) in [6.45, 7) is 0. The van der Waals surface area contributed by atoms with Crippen molar-refractivity contribution in [3.8, 4) is 0 Å². The van der Waals surface area contributed by atoms with Crippen LogP contribution in [0.15, 0.2) is 67.0 Å². The van der Waals surface area contributed by atoms with Crippen molar-refractivity contribution in [3.05, 3.63) is 78.1 Å². The van der Waals surface area contributed by atoms with E-state index in [4.69, 9.17) is 5.73 Å². The van der Waals surface area contributed by atoms with Gasteiger partial charge in [0.1, 0.15) is 0 Å². The molecule has 106 valence electrons. The molecule has 1 aromatic heterocycles. The standard InChI is InChI=1S/C18H18N2O/c19-17(10-13-6-2-1-3-7-13)18(21)16-12-20-11-14-8-4-5-9-15(14)16/h1-9,11-12,17-18,21H,10,19H2. The molecule has 3 N–H and O–H groups in total. The lowest BCUT2D eigenvalue weighted by Gasteiger charge is -2.20. The summed E-state index contributed by atoms with van der Waals surface area (Å²) in [5, 5.41) is 12.6. The maximum Gasteiger partial charge on any atom is 0.0964 e. The molecular weight excluding hydrogens is 260 g/mol. The number of pyridine rings is 1. The van der Waals surface area contributed by atoms with E-state index in [1.165, 1.54) is 0 Å². The van der Waals surface area contributed by atoms with Crippen molar-refractivity contribution in [3.63, 3.8) is 0 Å². The Balaban J connectivity index is 1.88. The summed E-state index contributed by atoms with van der Waals surface area (Å²) in [7, 11) is 0. The van der Waals surface area contributed by atoms with Crippen LogP contribution in [0.25, 0.3) is 10.8 Å². The van der Waals surface area contributed by atoms with Gasteiger partial charge >= 0.3 is 0 Å². The van der Waals surface area contributed by atoms with Crippen molar-refractivity contribution >= 4 is 10.8 Å². The van der Waals surface area contributed by atoms with Gasteiger partial charge < -0.3 is 10.8 Å². The van der Waals surface area contributed by atoms with Crippen molar-refractivity contribution < 1.29 is 5.11 Å². The van der Waals surface area contributed by atoms with E-state index in [9.17, 15) is 5.11 Å². The molecule has 2 aromatic carbocycles. The highest BCUT2D eigenvalue weighted by atomic mass is 16.3. The molecule has 1 heterocycles. The van der Waals surface area contributed by atoms with Gasteiger partial charge in [-0.25, -0.2) is 0 Å². The van der Waals surface area contributed by atoms with E-state index in [0.717, 1.165) is 21.9 Å². The molecule has 0 aliphatic carbocycles. The Kier molecular flexibility index (Phi) is 3.95. The third kappa shape index (κ3) is 2.94. The van der Waals surface area contributed by atoms with Crippen LogP contribution in [-0.2, 0) is 6.42 Å². The van der Waals surface area contributed by atoms with Gasteiger partial charge in [-0.15, -0.1) is 0 Å². The second-order valence-electron chi connectivity index (χ2n) is 5.25. The minimum Gasteiger partial charge on any atom is -0.387 e. The van der Waals surface area contributed by atoms with Gasteiger partial charge in [-0.2, -0.15) is 0 Å². The number of rotatable bonds is 4. The van der Waals surface area contributed by atoms with Crippen molar-refractivity contribution in [1.82, 2.24) is 4.98 Å². The lowest BCUT2D eigenvalue weighted by molar-refractivity contribution is 0.147. The molecule has 0 saturated heterocycles. The molecule has 0 saturated carbocycles. The predicted molar refractivity (Wildman–Crippen MR) is 84.8 cm³/mol. The number of aliphatic hydroxyl groups excluding tert-OH is 1. The quantitative estimate of drug-likeness (QED) is 0.771. The fraction of sp³-hybridized carbons (Fsp3) is 0.167. The summed E-state index contributed by atoms with van der Waals surface area (Å²) >= 11 is 0. The van der Waals surface area contributed by atoms with Gasteiger partial charge in [0.25, 0.3) is 0 Å². The van der Waals surface area contributed by atoms with E-state index < -0.39 is 6.10 Å².